The highest BCUT2D eigenvalue weighted by atomic mass is 35.5. The highest BCUT2D eigenvalue weighted by Crippen LogP contribution is 2.25. The molecule has 0 bridgehead atoms. The molecule has 1 aliphatic rings. The van der Waals surface area contributed by atoms with Gasteiger partial charge in [-0.1, -0.05) is 17.7 Å². The molecule has 88 valence electrons. The Labute approximate surface area is 102 Å². The van der Waals surface area contributed by atoms with Crippen molar-refractivity contribution >= 4 is 17.3 Å². The average Bonchev–Trinajstić information content (AvgIpc) is 2.31. The van der Waals surface area contributed by atoms with E-state index in [1.54, 1.807) is 0 Å². The van der Waals surface area contributed by atoms with Crippen molar-refractivity contribution in [2.24, 2.45) is 0 Å². The summed E-state index contributed by atoms with van der Waals surface area (Å²) >= 11 is 6.03. The number of benzene rings is 1. The van der Waals surface area contributed by atoms with E-state index >= 15 is 0 Å². The number of hydrogen-bond acceptors (Lipinski definition) is 3. The van der Waals surface area contributed by atoms with Gasteiger partial charge < -0.3 is 11.1 Å². The van der Waals surface area contributed by atoms with Gasteiger partial charge in [0.25, 0.3) is 0 Å². The fourth-order valence-corrected chi connectivity index (χ4v) is 2.17. The maximum Gasteiger partial charge on any atom is 0.0455 e. The van der Waals surface area contributed by atoms with E-state index in [1.165, 1.54) is 5.56 Å². The molecular formula is C12H18ClN3. The van der Waals surface area contributed by atoms with Gasteiger partial charge in [-0.3, -0.25) is 4.90 Å². The molecule has 1 saturated heterocycles. The second-order valence-corrected chi connectivity index (χ2v) is 4.68. The lowest BCUT2D eigenvalue weighted by atomic mass is 10.1. The van der Waals surface area contributed by atoms with Gasteiger partial charge in [-0.2, -0.15) is 0 Å². The van der Waals surface area contributed by atoms with E-state index in [-0.39, 0.29) is 0 Å². The van der Waals surface area contributed by atoms with Crippen LogP contribution in [0.25, 0.3) is 0 Å². The van der Waals surface area contributed by atoms with Crippen LogP contribution in [0, 0.1) is 6.92 Å². The minimum absolute atomic E-state index is 0.751. The van der Waals surface area contributed by atoms with E-state index in [9.17, 15) is 0 Å². The molecule has 1 aliphatic heterocycles. The molecule has 0 aromatic heterocycles. The van der Waals surface area contributed by atoms with Gasteiger partial charge in [0.1, 0.15) is 0 Å². The third-order valence-electron chi connectivity index (χ3n) is 3.14. The number of rotatable bonds is 2. The monoisotopic (exact) mass is 239 g/mol. The van der Waals surface area contributed by atoms with E-state index in [2.05, 4.69) is 10.2 Å². The molecule has 0 aliphatic carbocycles. The van der Waals surface area contributed by atoms with Gasteiger partial charge in [-0.15, -0.1) is 0 Å². The van der Waals surface area contributed by atoms with Gasteiger partial charge in [0.2, 0.25) is 0 Å². The van der Waals surface area contributed by atoms with Gasteiger partial charge in [0.05, 0.1) is 0 Å². The SMILES string of the molecule is Cc1c(Cl)ccc(CN2CCNCC2)c1N. The molecule has 1 fully saturated rings. The summed E-state index contributed by atoms with van der Waals surface area (Å²) in [6.45, 7) is 7.19. The Hall–Kier alpha value is -0.770. The van der Waals surface area contributed by atoms with E-state index in [0.717, 1.165) is 49.0 Å². The van der Waals surface area contributed by atoms with E-state index < -0.39 is 0 Å². The number of halogens is 1. The first-order chi connectivity index (χ1) is 7.68. The summed E-state index contributed by atoms with van der Waals surface area (Å²) in [7, 11) is 0. The third-order valence-corrected chi connectivity index (χ3v) is 3.55. The molecule has 1 aromatic rings. The number of nitrogen functional groups attached to an aromatic ring is 1. The smallest absolute Gasteiger partial charge is 0.0455 e. The molecule has 4 heteroatoms. The zero-order chi connectivity index (χ0) is 11.5. The summed E-state index contributed by atoms with van der Waals surface area (Å²) in [6.07, 6.45) is 0. The van der Waals surface area contributed by atoms with Crippen LogP contribution < -0.4 is 11.1 Å². The summed E-state index contributed by atoms with van der Waals surface area (Å²) < 4.78 is 0. The number of nitrogens with two attached hydrogens (primary N) is 1. The van der Waals surface area contributed by atoms with Crippen LogP contribution in [0.4, 0.5) is 5.69 Å². The molecule has 0 saturated carbocycles. The summed E-state index contributed by atoms with van der Waals surface area (Å²) in [5.74, 6) is 0. The maximum atomic E-state index is 6.07. The molecule has 0 radical (unpaired) electrons. The minimum Gasteiger partial charge on any atom is -0.398 e. The molecule has 0 atom stereocenters. The molecule has 0 unspecified atom stereocenters. The lowest BCUT2D eigenvalue weighted by Crippen LogP contribution is -2.43. The summed E-state index contributed by atoms with van der Waals surface area (Å²) in [6, 6.07) is 3.97. The largest absolute Gasteiger partial charge is 0.398 e. The van der Waals surface area contributed by atoms with Crippen molar-refractivity contribution < 1.29 is 0 Å². The van der Waals surface area contributed by atoms with Crippen LogP contribution in [-0.2, 0) is 6.54 Å². The van der Waals surface area contributed by atoms with Crippen molar-refractivity contribution in [1.29, 1.82) is 0 Å². The van der Waals surface area contributed by atoms with Crippen LogP contribution in [0.1, 0.15) is 11.1 Å². The standard InChI is InChI=1S/C12H18ClN3/c1-9-11(13)3-2-10(12(9)14)8-16-6-4-15-5-7-16/h2-3,15H,4-8,14H2,1H3. The molecule has 1 aromatic carbocycles. The van der Waals surface area contributed by atoms with Crippen LogP contribution in [0.2, 0.25) is 5.02 Å². The van der Waals surface area contributed by atoms with Crippen molar-refractivity contribution in [3.05, 3.63) is 28.3 Å². The number of anilines is 1. The second-order valence-electron chi connectivity index (χ2n) is 4.27. The van der Waals surface area contributed by atoms with Crippen LogP contribution in [0.3, 0.4) is 0 Å². The number of nitrogens with one attached hydrogen (secondary N) is 1. The molecule has 0 amide bonds. The molecule has 16 heavy (non-hydrogen) atoms. The van der Waals surface area contributed by atoms with Crippen LogP contribution in [0.15, 0.2) is 12.1 Å². The van der Waals surface area contributed by atoms with Crippen LogP contribution in [0.5, 0.6) is 0 Å². The zero-order valence-corrected chi connectivity index (χ0v) is 10.3. The highest BCUT2D eigenvalue weighted by molar-refractivity contribution is 6.31. The van der Waals surface area contributed by atoms with E-state index in [4.69, 9.17) is 17.3 Å². The van der Waals surface area contributed by atoms with Gasteiger partial charge >= 0.3 is 0 Å². The minimum atomic E-state index is 0.751. The normalized spacial score (nSPS) is 17.6. The first-order valence-corrected chi connectivity index (χ1v) is 6.03. The number of piperazine rings is 1. The molecular weight excluding hydrogens is 222 g/mol. The lowest BCUT2D eigenvalue weighted by molar-refractivity contribution is 0.233. The average molecular weight is 240 g/mol. The number of nitrogens with zero attached hydrogens (tertiary/aromatic N) is 1. The third kappa shape index (κ3) is 2.48. The van der Waals surface area contributed by atoms with E-state index in [1.807, 2.05) is 19.1 Å². The van der Waals surface area contributed by atoms with Gasteiger partial charge in [0.15, 0.2) is 0 Å². The van der Waals surface area contributed by atoms with Crippen molar-refractivity contribution in [2.75, 3.05) is 31.9 Å². The van der Waals surface area contributed by atoms with Gasteiger partial charge in [-0.05, 0) is 24.1 Å². The molecule has 3 N–H and O–H groups in total. The first kappa shape index (κ1) is 11.7. The molecule has 0 spiro atoms. The molecule has 2 rings (SSSR count). The molecule has 3 nitrogen and oxygen atoms in total. The summed E-state index contributed by atoms with van der Waals surface area (Å²) in [5, 5.41) is 4.09. The van der Waals surface area contributed by atoms with Crippen molar-refractivity contribution in [2.45, 2.75) is 13.5 Å². The Balaban J connectivity index is 2.11. The number of hydrogen-bond donors (Lipinski definition) is 2. The maximum absolute atomic E-state index is 6.07. The highest BCUT2D eigenvalue weighted by Gasteiger charge is 2.12. The van der Waals surface area contributed by atoms with Gasteiger partial charge in [0, 0.05) is 43.4 Å². The second kappa shape index (κ2) is 5.04. The van der Waals surface area contributed by atoms with Gasteiger partial charge in [-0.25, -0.2) is 0 Å². The lowest BCUT2D eigenvalue weighted by Gasteiger charge is -2.27. The fourth-order valence-electron chi connectivity index (χ4n) is 2.01. The topological polar surface area (TPSA) is 41.3 Å². The summed E-state index contributed by atoms with van der Waals surface area (Å²) in [4.78, 5) is 2.41. The predicted octanol–water partition coefficient (Wildman–Crippen LogP) is 1.64. The molecule has 1 heterocycles. The van der Waals surface area contributed by atoms with Crippen LogP contribution >= 0.6 is 11.6 Å². The fraction of sp³-hybridized carbons (Fsp3) is 0.500. The Morgan fingerprint density at radius 2 is 2.06 bits per heavy atom. The zero-order valence-electron chi connectivity index (χ0n) is 9.59. The van der Waals surface area contributed by atoms with Crippen molar-refractivity contribution in [1.82, 2.24) is 10.2 Å². The van der Waals surface area contributed by atoms with Crippen molar-refractivity contribution in [3.8, 4) is 0 Å². The first-order valence-electron chi connectivity index (χ1n) is 5.65. The Kier molecular flexibility index (Phi) is 3.69. The Bertz CT molecular complexity index is 373. The van der Waals surface area contributed by atoms with E-state index in [0.29, 0.717) is 0 Å². The summed E-state index contributed by atoms with van der Waals surface area (Å²) in [5.41, 5.74) is 9.09. The van der Waals surface area contributed by atoms with Crippen molar-refractivity contribution in [3.63, 3.8) is 0 Å². The Morgan fingerprint density at radius 1 is 1.38 bits per heavy atom. The Morgan fingerprint density at radius 3 is 2.75 bits per heavy atom. The predicted molar refractivity (Wildman–Crippen MR) is 68.7 cm³/mol. The van der Waals surface area contributed by atoms with Crippen LogP contribution in [-0.4, -0.2) is 31.1 Å². The quantitative estimate of drug-likeness (QED) is 0.771.